The first-order valence-corrected chi connectivity index (χ1v) is 12.1. The van der Waals surface area contributed by atoms with Crippen molar-refractivity contribution in [3.63, 3.8) is 0 Å². The number of esters is 2. The van der Waals surface area contributed by atoms with Gasteiger partial charge in [-0.3, -0.25) is 14.4 Å². The van der Waals surface area contributed by atoms with Crippen molar-refractivity contribution in [2.45, 2.75) is 77.6 Å². The maximum atomic E-state index is 13.9. The van der Waals surface area contributed by atoms with E-state index in [1.54, 1.807) is 12.5 Å². The Morgan fingerprint density at radius 1 is 1.24 bits per heavy atom. The first-order chi connectivity index (χ1) is 15.9. The van der Waals surface area contributed by atoms with E-state index in [-0.39, 0.29) is 42.4 Å². The summed E-state index contributed by atoms with van der Waals surface area (Å²) in [6, 6.07) is 1.81. The molecule has 0 N–H and O–H groups in total. The molecule has 3 heterocycles. The van der Waals surface area contributed by atoms with Crippen molar-refractivity contribution in [2.24, 2.45) is 28.1 Å². The summed E-state index contributed by atoms with van der Waals surface area (Å²) >= 11 is 0. The fourth-order valence-electron chi connectivity index (χ4n) is 7.98. The van der Waals surface area contributed by atoms with Gasteiger partial charge in [-0.25, -0.2) is 0 Å². The minimum absolute atomic E-state index is 0.0106. The topological polar surface area (TPSA) is 92.0 Å². The lowest BCUT2D eigenvalue weighted by Gasteiger charge is -2.60. The van der Waals surface area contributed by atoms with Crippen molar-refractivity contribution < 1.29 is 33.0 Å². The third-order valence-electron chi connectivity index (χ3n) is 9.84. The molecule has 4 aliphatic rings. The third kappa shape index (κ3) is 2.82. The van der Waals surface area contributed by atoms with E-state index in [1.807, 2.05) is 19.9 Å². The number of cyclic esters (lactones) is 1. The van der Waals surface area contributed by atoms with E-state index in [0.717, 1.165) is 24.0 Å². The van der Waals surface area contributed by atoms with Crippen LogP contribution < -0.4 is 0 Å². The van der Waals surface area contributed by atoms with Gasteiger partial charge in [-0.2, -0.15) is 0 Å². The summed E-state index contributed by atoms with van der Waals surface area (Å²) in [5.41, 5.74) is -1.24. The Kier molecular flexibility index (Phi) is 5.01. The highest BCUT2D eigenvalue weighted by molar-refractivity contribution is 5.91. The van der Waals surface area contributed by atoms with Crippen LogP contribution in [0.4, 0.5) is 0 Å². The van der Waals surface area contributed by atoms with Gasteiger partial charge in [0, 0.05) is 22.8 Å². The van der Waals surface area contributed by atoms with E-state index in [2.05, 4.69) is 20.4 Å². The van der Waals surface area contributed by atoms with Gasteiger partial charge in [0.25, 0.3) is 0 Å². The predicted molar refractivity (Wildman–Crippen MR) is 121 cm³/mol. The summed E-state index contributed by atoms with van der Waals surface area (Å²) in [5, 5.41) is 0. The molecule has 0 radical (unpaired) electrons. The molecule has 34 heavy (non-hydrogen) atoms. The van der Waals surface area contributed by atoms with Crippen LogP contribution in [0.25, 0.3) is 0 Å². The highest BCUT2D eigenvalue weighted by Gasteiger charge is 2.71. The number of hydrogen-bond donors (Lipinski definition) is 0. The van der Waals surface area contributed by atoms with Gasteiger partial charge >= 0.3 is 11.9 Å². The normalized spacial score (nSPS) is 42.9. The van der Waals surface area contributed by atoms with Gasteiger partial charge in [0.1, 0.15) is 17.8 Å². The number of fused-ring (bicyclic) bond motifs is 4. The molecule has 7 heteroatoms. The molecular formula is C27H34O7. The molecule has 0 aromatic carbocycles. The molecule has 184 valence electrons. The van der Waals surface area contributed by atoms with Crippen LogP contribution in [0.2, 0.25) is 0 Å². The molecule has 7 nitrogen and oxygen atoms in total. The van der Waals surface area contributed by atoms with Crippen molar-refractivity contribution in [1.82, 2.24) is 0 Å². The Hall–Kier alpha value is -2.41. The standard InChI is InChI=1S/C27H34O7/c1-15-17-7-9-26(5)23(16-8-10-32-14-16)33-21(29)13-27(15,26)34-18-12-25(17,4)19(11-20(28)31-6)24(2,3)22(18)30/h8,10,14,17-19,23H,1,7,9,11-13H2,2-6H3. The van der Waals surface area contributed by atoms with E-state index in [4.69, 9.17) is 18.6 Å². The van der Waals surface area contributed by atoms with Crippen molar-refractivity contribution in [2.75, 3.05) is 7.11 Å². The number of methoxy groups -OCH3 is 1. The first kappa shape index (κ1) is 23.3. The van der Waals surface area contributed by atoms with E-state index in [9.17, 15) is 14.4 Å². The highest BCUT2D eigenvalue weighted by Crippen LogP contribution is 2.70. The minimum atomic E-state index is -1.04. The van der Waals surface area contributed by atoms with Crippen molar-refractivity contribution in [1.29, 1.82) is 0 Å². The minimum Gasteiger partial charge on any atom is -0.472 e. The Morgan fingerprint density at radius 2 is 1.97 bits per heavy atom. The molecule has 2 aliphatic heterocycles. The number of carbonyl (C=O) groups is 3. The van der Waals surface area contributed by atoms with Crippen LogP contribution in [0, 0.1) is 28.1 Å². The van der Waals surface area contributed by atoms with E-state index < -0.39 is 34.1 Å². The van der Waals surface area contributed by atoms with Crippen LogP contribution in [0.5, 0.6) is 0 Å². The predicted octanol–water partition coefficient (Wildman–Crippen LogP) is 4.56. The Labute approximate surface area is 200 Å². The van der Waals surface area contributed by atoms with Gasteiger partial charge in [-0.05, 0) is 48.2 Å². The first-order valence-electron chi connectivity index (χ1n) is 12.1. The van der Waals surface area contributed by atoms with Gasteiger partial charge in [0.05, 0.1) is 26.1 Å². The van der Waals surface area contributed by atoms with Crippen molar-refractivity contribution >= 4 is 17.7 Å². The Morgan fingerprint density at radius 3 is 2.62 bits per heavy atom. The Bertz CT molecular complexity index is 1060. The second-order valence-corrected chi connectivity index (χ2v) is 11.7. The highest BCUT2D eigenvalue weighted by atomic mass is 16.6. The van der Waals surface area contributed by atoms with Crippen LogP contribution in [0.1, 0.15) is 71.5 Å². The van der Waals surface area contributed by atoms with Crippen molar-refractivity contribution in [3.8, 4) is 0 Å². The fourth-order valence-corrected chi connectivity index (χ4v) is 7.98. The summed E-state index contributed by atoms with van der Waals surface area (Å²) in [6.07, 6.45) is 4.12. The molecule has 4 fully saturated rings. The maximum Gasteiger partial charge on any atom is 0.309 e. The van der Waals surface area contributed by atoms with Crippen LogP contribution in [-0.2, 0) is 28.6 Å². The smallest absolute Gasteiger partial charge is 0.309 e. The molecule has 7 unspecified atom stereocenters. The van der Waals surface area contributed by atoms with Crippen LogP contribution in [0.15, 0.2) is 35.2 Å². The second-order valence-electron chi connectivity index (χ2n) is 11.7. The van der Waals surface area contributed by atoms with Gasteiger partial charge < -0.3 is 18.6 Å². The molecule has 0 amide bonds. The van der Waals surface area contributed by atoms with Crippen LogP contribution >= 0.6 is 0 Å². The zero-order chi connectivity index (χ0) is 24.7. The van der Waals surface area contributed by atoms with Gasteiger partial charge in [0.2, 0.25) is 0 Å². The lowest BCUT2D eigenvalue weighted by molar-refractivity contribution is -0.234. The van der Waals surface area contributed by atoms with E-state index in [1.165, 1.54) is 7.11 Å². The van der Waals surface area contributed by atoms with Crippen molar-refractivity contribution in [3.05, 3.63) is 36.3 Å². The molecule has 4 bridgehead atoms. The molecule has 7 atom stereocenters. The fraction of sp³-hybridized carbons (Fsp3) is 0.667. The summed E-state index contributed by atoms with van der Waals surface area (Å²) < 4.78 is 23.1. The Balaban J connectivity index is 1.67. The number of carbonyl (C=O) groups excluding carboxylic acids is 3. The van der Waals surface area contributed by atoms with E-state index in [0.29, 0.717) is 6.42 Å². The summed E-state index contributed by atoms with van der Waals surface area (Å²) in [4.78, 5) is 39.3. The molecule has 2 aliphatic carbocycles. The number of rotatable bonds is 3. The molecule has 2 saturated carbocycles. The van der Waals surface area contributed by atoms with Gasteiger partial charge in [0.15, 0.2) is 5.78 Å². The molecule has 5 rings (SSSR count). The largest absolute Gasteiger partial charge is 0.472 e. The zero-order valence-corrected chi connectivity index (χ0v) is 20.6. The number of Topliss-reactive ketones (excluding diaryl/α,β-unsaturated/α-hetero) is 1. The summed E-state index contributed by atoms with van der Waals surface area (Å²) in [5.74, 6) is -0.970. The zero-order valence-electron chi connectivity index (χ0n) is 20.6. The van der Waals surface area contributed by atoms with Gasteiger partial charge in [-0.1, -0.05) is 34.3 Å². The quantitative estimate of drug-likeness (QED) is 0.472. The lowest BCUT2D eigenvalue weighted by Crippen LogP contribution is -2.62. The number of ketones is 1. The molecular weight excluding hydrogens is 436 g/mol. The average molecular weight is 471 g/mol. The maximum absolute atomic E-state index is 13.9. The second kappa shape index (κ2) is 7.30. The number of ether oxygens (including phenoxy) is 3. The number of furan rings is 1. The lowest BCUT2D eigenvalue weighted by atomic mass is 9.45. The van der Waals surface area contributed by atoms with Crippen LogP contribution in [-0.4, -0.2) is 36.5 Å². The molecule has 2 saturated heterocycles. The average Bonchev–Trinajstić information content (AvgIpc) is 3.29. The summed E-state index contributed by atoms with van der Waals surface area (Å²) in [7, 11) is 1.38. The van der Waals surface area contributed by atoms with Crippen LogP contribution in [0.3, 0.4) is 0 Å². The third-order valence-corrected chi connectivity index (χ3v) is 9.84. The monoisotopic (exact) mass is 470 g/mol. The SMILES string of the molecule is C=C1C2CCC3(C)C(c4ccoc4)OC(=O)CC13OC1CC2(C)C(CC(=O)OC)C(C)(C)C1=O. The van der Waals surface area contributed by atoms with E-state index >= 15 is 0 Å². The molecule has 1 aromatic heterocycles. The van der Waals surface area contributed by atoms with Gasteiger partial charge in [-0.15, -0.1) is 0 Å². The molecule has 1 spiro atoms. The summed E-state index contributed by atoms with van der Waals surface area (Å²) in [6.45, 7) is 12.6. The molecule has 1 aromatic rings. The number of hydrogen-bond acceptors (Lipinski definition) is 7.